The van der Waals surface area contributed by atoms with E-state index in [1.807, 2.05) is 33.1 Å². The highest BCUT2D eigenvalue weighted by molar-refractivity contribution is 7.13. The summed E-state index contributed by atoms with van der Waals surface area (Å²) in [6.45, 7) is 7.98. The molecule has 0 aromatic carbocycles. The smallest absolute Gasteiger partial charge is 0.399 e. The summed E-state index contributed by atoms with van der Waals surface area (Å²) in [4.78, 5) is 12.8. The van der Waals surface area contributed by atoms with Gasteiger partial charge in [0.15, 0.2) is 10.8 Å². The molecule has 110 valence electrons. The Hall–Kier alpha value is -1.51. The first-order chi connectivity index (χ1) is 9.80. The van der Waals surface area contributed by atoms with Gasteiger partial charge in [-0.3, -0.25) is 0 Å². The van der Waals surface area contributed by atoms with Gasteiger partial charge in [0.2, 0.25) is 0 Å². The molecule has 3 heterocycles. The topological polar surface area (TPSA) is 83.2 Å². The van der Waals surface area contributed by atoms with Crippen LogP contribution in [0.25, 0.3) is 10.8 Å². The predicted molar refractivity (Wildman–Crippen MR) is 83.3 cm³/mol. The summed E-state index contributed by atoms with van der Waals surface area (Å²) in [5.41, 5.74) is 5.86. The summed E-state index contributed by atoms with van der Waals surface area (Å²) in [7, 11) is -0.555. The van der Waals surface area contributed by atoms with E-state index in [0.29, 0.717) is 17.1 Å². The van der Waals surface area contributed by atoms with Gasteiger partial charge in [-0.25, -0.2) is 15.0 Å². The van der Waals surface area contributed by atoms with Gasteiger partial charge in [0.25, 0.3) is 0 Å². The molecule has 0 amide bonds. The summed E-state index contributed by atoms with van der Waals surface area (Å²) in [5.74, 6) is 0.872. The van der Waals surface area contributed by atoms with Crippen LogP contribution >= 0.6 is 11.3 Å². The lowest BCUT2D eigenvalue weighted by Gasteiger charge is -2.32. The van der Waals surface area contributed by atoms with Crippen LogP contribution in [0.1, 0.15) is 27.7 Å². The quantitative estimate of drug-likeness (QED) is 0.846. The zero-order valence-electron chi connectivity index (χ0n) is 12.5. The molecular formula is C13H17BN4O2S. The Labute approximate surface area is 127 Å². The van der Waals surface area contributed by atoms with Crippen molar-refractivity contribution in [3.05, 3.63) is 17.8 Å². The van der Waals surface area contributed by atoms with Crippen LogP contribution in [0.2, 0.25) is 0 Å². The second-order valence-corrected chi connectivity index (χ2v) is 6.85. The van der Waals surface area contributed by atoms with E-state index >= 15 is 0 Å². The minimum atomic E-state index is -0.555. The third-order valence-corrected chi connectivity index (χ3v) is 4.75. The van der Waals surface area contributed by atoms with E-state index in [-0.39, 0.29) is 0 Å². The van der Waals surface area contributed by atoms with Crippen LogP contribution in [-0.2, 0) is 9.31 Å². The molecule has 0 atom stereocenters. The van der Waals surface area contributed by atoms with Crippen molar-refractivity contribution in [2.75, 3.05) is 5.73 Å². The van der Waals surface area contributed by atoms with Crippen LogP contribution in [0.3, 0.4) is 0 Å². The second-order valence-electron chi connectivity index (χ2n) is 5.96. The summed E-state index contributed by atoms with van der Waals surface area (Å²) in [5, 5.41) is 2.61. The minimum Gasteiger partial charge on any atom is -0.399 e. The lowest BCUT2D eigenvalue weighted by atomic mass is 9.80. The normalized spacial score (nSPS) is 19.9. The Morgan fingerprint density at radius 3 is 2.33 bits per heavy atom. The molecule has 0 unspecified atom stereocenters. The summed E-state index contributed by atoms with van der Waals surface area (Å²) in [6, 6.07) is 0. The Morgan fingerprint density at radius 2 is 1.81 bits per heavy atom. The van der Waals surface area contributed by atoms with Crippen molar-refractivity contribution in [2.45, 2.75) is 38.9 Å². The first kappa shape index (κ1) is 14.4. The Kier molecular flexibility index (Phi) is 3.27. The molecule has 2 aromatic rings. The molecule has 0 spiro atoms. The van der Waals surface area contributed by atoms with Crippen molar-refractivity contribution >= 4 is 29.7 Å². The van der Waals surface area contributed by atoms with Gasteiger partial charge in [0.05, 0.1) is 11.2 Å². The molecule has 6 nitrogen and oxygen atoms in total. The lowest BCUT2D eigenvalue weighted by Crippen LogP contribution is -2.41. The largest absolute Gasteiger partial charge is 0.500 e. The molecule has 0 radical (unpaired) electrons. The number of thiazole rings is 1. The molecule has 1 saturated heterocycles. The first-order valence-corrected chi connectivity index (χ1v) is 7.56. The third-order valence-electron chi connectivity index (χ3n) is 3.98. The lowest BCUT2D eigenvalue weighted by molar-refractivity contribution is 0.00578. The Bertz CT molecular complexity index is 644. The minimum absolute atomic E-state index is 0.355. The van der Waals surface area contributed by atoms with Gasteiger partial charge in [-0.05, 0) is 27.7 Å². The monoisotopic (exact) mass is 304 g/mol. The van der Waals surface area contributed by atoms with E-state index in [0.717, 1.165) is 5.01 Å². The van der Waals surface area contributed by atoms with Crippen LogP contribution < -0.4 is 11.2 Å². The molecule has 0 aliphatic carbocycles. The second kappa shape index (κ2) is 4.76. The predicted octanol–water partition coefficient (Wildman–Crippen LogP) is 1.48. The zero-order valence-corrected chi connectivity index (χ0v) is 13.3. The van der Waals surface area contributed by atoms with Crippen LogP contribution in [0, 0.1) is 0 Å². The van der Waals surface area contributed by atoms with Gasteiger partial charge in [-0.2, -0.15) is 0 Å². The van der Waals surface area contributed by atoms with Crippen LogP contribution in [0.5, 0.6) is 0 Å². The van der Waals surface area contributed by atoms with E-state index in [9.17, 15) is 0 Å². The van der Waals surface area contributed by atoms with Gasteiger partial charge >= 0.3 is 7.12 Å². The summed E-state index contributed by atoms with van der Waals surface area (Å²) >= 11 is 1.47. The average Bonchev–Trinajstić information content (AvgIpc) is 2.96. The molecule has 8 heteroatoms. The molecule has 21 heavy (non-hydrogen) atoms. The number of nitrogens with two attached hydrogens (primary N) is 1. The standard InChI is InChI=1S/C13H17BN4O2S/c1-12(2)13(3,4)20-14(19-12)8-7-17-10(18-9(8)15)11-16-5-6-21-11/h5-7H,1-4H3,(H2,15,17,18). The SMILES string of the molecule is CC1(C)OB(c2cnc(-c3nccs3)nc2N)OC1(C)C. The van der Waals surface area contributed by atoms with Crippen LogP contribution in [0.15, 0.2) is 17.8 Å². The maximum absolute atomic E-state index is 6.05. The number of rotatable bonds is 2. The van der Waals surface area contributed by atoms with Crippen LogP contribution in [0.4, 0.5) is 5.82 Å². The van der Waals surface area contributed by atoms with Crippen molar-refractivity contribution < 1.29 is 9.31 Å². The number of nitrogen functional groups attached to an aromatic ring is 1. The fourth-order valence-corrected chi connectivity index (χ4v) is 2.57. The van der Waals surface area contributed by atoms with Gasteiger partial charge < -0.3 is 15.0 Å². The van der Waals surface area contributed by atoms with Crippen molar-refractivity contribution in [1.29, 1.82) is 0 Å². The molecule has 0 bridgehead atoms. The Balaban J connectivity index is 1.91. The maximum atomic E-state index is 6.05. The van der Waals surface area contributed by atoms with E-state index < -0.39 is 18.3 Å². The molecule has 1 aliphatic heterocycles. The maximum Gasteiger partial charge on any atom is 0.500 e. The highest BCUT2D eigenvalue weighted by atomic mass is 32.1. The van der Waals surface area contributed by atoms with Gasteiger partial charge in [-0.1, -0.05) is 0 Å². The highest BCUT2D eigenvalue weighted by Gasteiger charge is 2.52. The molecule has 0 saturated carbocycles. The van der Waals surface area contributed by atoms with Crippen molar-refractivity contribution in [1.82, 2.24) is 15.0 Å². The first-order valence-electron chi connectivity index (χ1n) is 6.68. The van der Waals surface area contributed by atoms with E-state index in [1.54, 1.807) is 12.4 Å². The van der Waals surface area contributed by atoms with E-state index in [2.05, 4.69) is 15.0 Å². The fourth-order valence-electron chi connectivity index (χ4n) is 1.99. The summed E-state index contributed by atoms with van der Waals surface area (Å²) < 4.78 is 11.9. The molecule has 2 N–H and O–H groups in total. The van der Waals surface area contributed by atoms with E-state index in [4.69, 9.17) is 15.0 Å². The summed E-state index contributed by atoms with van der Waals surface area (Å²) in [6.07, 6.45) is 3.36. The molecular weight excluding hydrogens is 287 g/mol. The van der Waals surface area contributed by atoms with Crippen molar-refractivity contribution in [2.24, 2.45) is 0 Å². The number of aromatic nitrogens is 3. The number of anilines is 1. The number of nitrogens with zero attached hydrogens (tertiary/aromatic N) is 3. The van der Waals surface area contributed by atoms with Crippen molar-refractivity contribution in [3.63, 3.8) is 0 Å². The van der Waals surface area contributed by atoms with Crippen molar-refractivity contribution in [3.8, 4) is 10.8 Å². The fraction of sp³-hybridized carbons (Fsp3) is 0.462. The number of hydrogen-bond donors (Lipinski definition) is 1. The highest BCUT2D eigenvalue weighted by Crippen LogP contribution is 2.36. The van der Waals surface area contributed by atoms with E-state index in [1.165, 1.54) is 11.3 Å². The van der Waals surface area contributed by atoms with Gasteiger partial charge in [-0.15, -0.1) is 11.3 Å². The molecule has 2 aromatic heterocycles. The average molecular weight is 304 g/mol. The van der Waals surface area contributed by atoms with Gasteiger partial charge in [0.1, 0.15) is 5.82 Å². The molecule has 3 rings (SSSR count). The number of hydrogen-bond acceptors (Lipinski definition) is 7. The third kappa shape index (κ3) is 2.43. The van der Waals surface area contributed by atoms with Crippen LogP contribution in [-0.4, -0.2) is 33.3 Å². The Morgan fingerprint density at radius 1 is 1.14 bits per heavy atom. The zero-order chi connectivity index (χ0) is 15.3. The molecule has 1 aliphatic rings. The molecule has 1 fully saturated rings. The van der Waals surface area contributed by atoms with Gasteiger partial charge in [0, 0.05) is 23.2 Å².